The Labute approximate surface area is 125 Å². The van der Waals surface area contributed by atoms with Crippen molar-refractivity contribution in [3.8, 4) is 16.9 Å². The van der Waals surface area contributed by atoms with Gasteiger partial charge in [-0.05, 0) is 48.5 Å². The van der Waals surface area contributed by atoms with E-state index in [0.717, 1.165) is 11.3 Å². The third-order valence-electron chi connectivity index (χ3n) is 2.95. The number of imidazole rings is 1. The Morgan fingerprint density at radius 1 is 0.900 bits per heavy atom. The van der Waals surface area contributed by atoms with Gasteiger partial charge in [0.15, 0.2) is 5.15 Å². The first-order chi connectivity index (χ1) is 9.65. The second kappa shape index (κ2) is 5.27. The maximum Gasteiger partial charge on any atom is 0.155 e. The molecule has 0 bridgehead atoms. The smallest absolute Gasteiger partial charge is 0.155 e. The Hall–Kier alpha value is -1.84. The first kappa shape index (κ1) is 13.2. The Bertz CT molecular complexity index is 734. The largest absolute Gasteiger partial charge is 0.297 e. The van der Waals surface area contributed by atoms with E-state index >= 15 is 0 Å². The lowest BCUT2D eigenvalue weighted by atomic mass is 10.1. The van der Waals surface area contributed by atoms with Crippen LogP contribution in [0.5, 0.6) is 0 Å². The number of hydrogen-bond acceptors (Lipinski definition) is 1. The maximum absolute atomic E-state index is 13.0. The lowest BCUT2D eigenvalue weighted by molar-refractivity contribution is 0.628. The third-order valence-corrected chi connectivity index (χ3v) is 3.47. The van der Waals surface area contributed by atoms with Crippen molar-refractivity contribution in [3.05, 3.63) is 70.9 Å². The van der Waals surface area contributed by atoms with Gasteiger partial charge in [-0.15, -0.1) is 0 Å². The molecule has 1 aromatic heterocycles. The molecule has 0 atom stereocenters. The molecule has 0 spiro atoms. The maximum atomic E-state index is 13.0. The van der Waals surface area contributed by atoms with Crippen molar-refractivity contribution in [2.45, 2.75) is 0 Å². The van der Waals surface area contributed by atoms with Gasteiger partial charge in [0.2, 0.25) is 0 Å². The van der Waals surface area contributed by atoms with Gasteiger partial charge in [-0.2, -0.15) is 0 Å². The van der Waals surface area contributed by atoms with Crippen LogP contribution in [0.1, 0.15) is 0 Å². The van der Waals surface area contributed by atoms with Crippen LogP contribution in [0.15, 0.2) is 54.9 Å². The van der Waals surface area contributed by atoms with E-state index in [-0.39, 0.29) is 5.82 Å². The van der Waals surface area contributed by atoms with Crippen LogP contribution in [0.25, 0.3) is 16.9 Å². The van der Waals surface area contributed by atoms with E-state index in [1.54, 1.807) is 30.6 Å². The fraction of sp³-hybridized carbons (Fsp3) is 0. The van der Waals surface area contributed by atoms with Crippen LogP contribution < -0.4 is 0 Å². The molecule has 0 fully saturated rings. The average molecular weight is 307 g/mol. The van der Waals surface area contributed by atoms with Crippen LogP contribution in [-0.2, 0) is 0 Å². The molecule has 0 amide bonds. The molecule has 1 heterocycles. The van der Waals surface area contributed by atoms with E-state index in [1.165, 1.54) is 12.1 Å². The minimum atomic E-state index is -0.289. The zero-order valence-electron chi connectivity index (χ0n) is 10.2. The van der Waals surface area contributed by atoms with Gasteiger partial charge < -0.3 is 0 Å². The van der Waals surface area contributed by atoms with Crippen LogP contribution >= 0.6 is 23.2 Å². The molecule has 0 aliphatic heterocycles. The first-order valence-electron chi connectivity index (χ1n) is 5.90. The van der Waals surface area contributed by atoms with Crippen molar-refractivity contribution < 1.29 is 4.39 Å². The van der Waals surface area contributed by atoms with E-state index in [0.29, 0.717) is 15.9 Å². The van der Waals surface area contributed by atoms with E-state index in [9.17, 15) is 4.39 Å². The minimum Gasteiger partial charge on any atom is -0.297 e. The van der Waals surface area contributed by atoms with Gasteiger partial charge >= 0.3 is 0 Å². The fourth-order valence-corrected chi connectivity index (χ4v) is 2.36. The van der Waals surface area contributed by atoms with Crippen LogP contribution in [-0.4, -0.2) is 9.55 Å². The van der Waals surface area contributed by atoms with Gasteiger partial charge in [-0.3, -0.25) is 4.57 Å². The van der Waals surface area contributed by atoms with Crippen molar-refractivity contribution in [1.82, 2.24) is 9.55 Å². The number of halogens is 3. The predicted molar refractivity (Wildman–Crippen MR) is 79.0 cm³/mol. The quantitative estimate of drug-likeness (QED) is 0.652. The molecule has 100 valence electrons. The summed E-state index contributed by atoms with van der Waals surface area (Å²) in [6.45, 7) is 0. The van der Waals surface area contributed by atoms with Gasteiger partial charge in [-0.25, -0.2) is 9.37 Å². The highest BCUT2D eigenvalue weighted by Crippen LogP contribution is 2.30. The van der Waals surface area contributed by atoms with Crippen molar-refractivity contribution >= 4 is 23.2 Å². The normalized spacial score (nSPS) is 10.8. The Kier molecular flexibility index (Phi) is 3.47. The molecule has 0 aliphatic rings. The predicted octanol–water partition coefficient (Wildman–Crippen LogP) is 4.99. The number of nitrogens with zero attached hydrogens (tertiary/aromatic N) is 2. The molecule has 2 aromatic carbocycles. The van der Waals surface area contributed by atoms with Gasteiger partial charge in [0.05, 0.1) is 5.69 Å². The van der Waals surface area contributed by atoms with Crippen LogP contribution in [0.3, 0.4) is 0 Å². The van der Waals surface area contributed by atoms with E-state index < -0.39 is 0 Å². The zero-order chi connectivity index (χ0) is 14.1. The summed E-state index contributed by atoms with van der Waals surface area (Å²) < 4.78 is 14.9. The Morgan fingerprint density at radius 3 is 2.20 bits per heavy atom. The lowest BCUT2D eigenvalue weighted by Crippen LogP contribution is -1.95. The molecule has 2 nitrogen and oxygen atoms in total. The second-order valence-corrected chi connectivity index (χ2v) is 5.03. The molecule has 3 rings (SSSR count). The standard InChI is InChI=1S/C15H9Cl2FN2/c16-11-3-7-13(8-4-11)20-9-19-15(17)14(20)10-1-5-12(18)6-2-10/h1-9H. The van der Waals surface area contributed by atoms with Crippen LogP contribution in [0.2, 0.25) is 10.2 Å². The second-order valence-electron chi connectivity index (χ2n) is 4.24. The van der Waals surface area contributed by atoms with Crippen molar-refractivity contribution in [2.75, 3.05) is 0 Å². The number of rotatable bonds is 2. The molecule has 3 aromatic rings. The summed E-state index contributed by atoms with van der Waals surface area (Å²) >= 11 is 12.0. The number of aromatic nitrogens is 2. The summed E-state index contributed by atoms with van der Waals surface area (Å²) in [7, 11) is 0. The summed E-state index contributed by atoms with van der Waals surface area (Å²) in [4.78, 5) is 4.12. The number of benzene rings is 2. The fourth-order valence-electron chi connectivity index (χ4n) is 1.99. The number of hydrogen-bond donors (Lipinski definition) is 0. The molecule has 0 saturated heterocycles. The molecule has 0 aliphatic carbocycles. The Balaban J connectivity index is 2.14. The summed E-state index contributed by atoms with van der Waals surface area (Å²) in [5.74, 6) is -0.289. The average Bonchev–Trinajstić information content (AvgIpc) is 2.83. The third kappa shape index (κ3) is 2.42. The molecule has 5 heteroatoms. The summed E-state index contributed by atoms with van der Waals surface area (Å²) in [5.41, 5.74) is 2.39. The minimum absolute atomic E-state index is 0.289. The summed E-state index contributed by atoms with van der Waals surface area (Å²) in [5, 5.41) is 1.02. The lowest BCUT2D eigenvalue weighted by Gasteiger charge is -2.09. The van der Waals surface area contributed by atoms with Gasteiger partial charge in [0, 0.05) is 16.3 Å². The highest BCUT2D eigenvalue weighted by atomic mass is 35.5. The molecule has 0 N–H and O–H groups in total. The molecule has 0 unspecified atom stereocenters. The highest BCUT2D eigenvalue weighted by molar-refractivity contribution is 6.32. The van der Waals surface area contributed by atoms with E-state index in [1.807, 2.05) is 16.7 Å². The van der Waals surface area contributed by atoms with Crippen LogP contribution in [0.4, 0.5) is 4.39 Å². The Morgan fingerprint density at radius 2 is 1.55 bits per heavy atom. The van der Waals surface area contributed by atoms with Gasteiger partial charge in [0.1, 0.15) is 12.1 Å². The summed E-state index contributed by atoms with van der Waals surface area (Å²) in [6, 6.07) is 13.4. The van der Waals surface area contributed by atoms with E-state index in [4.69, 9.17) is 23.2 Å². The van der Waals surface area contributed by atoms with Crippen molar-refractivity contribution in [2.24, 2.45) is 0 Å². The molecular weight excluding hydrogens is 298 g/mol. The topological polar surface area (TPSA) is 17.8 Å². The molecule has 0 radical (unpaired) electrons. The van der Waals surface area contributed by atoms with Gasteiger partial charge in [-0.1, -0.05) is 23.2 Å². The molecule has 20 heavy (non-hydrogen) atoms. The molecule has 0 saturated carbocycles. The monoisotopic (exact) mass is 306 g/mol. The van der Waals surface area contributed by atoms with Crippen molar-refractivity contribution in [1.29, 1.82) is 0 Å². The van der Waals surface area contributed by atoms with Crippen molar-refractivity contribution in [3.63, 3.8) is 0 Å². The highest BCUT2D eigenvalue weighted by Gasteiger charge is 2.13. The first-order valence-corrected chi connectivity index (χ1v) is 6.65. The van der Waals surface area contributed by atoms with Gasteiger partial charge in [0.25, 0.3) is 0 Å². The van der Waals surface area contributed by atoms with Crippen LogP contribution in [0, 0.1) is 5.82 Å². The summed E-state index contributed by atoms with van der Waals surface area (Å²) in [6.07, 6.45) is 1.63. The molecular formula is C15H9Cl2FN2. The van der Waals surface area contributed by atoms with E-state index in [2.05, 4.69) is 4.98 Å². The zero-order valence-corrected chi connectivity index (χ0v) is 11.7. The SMILES string of the molecule is Fc1ccc(-c2c(Cl)ncn2-c2ccc(Cl)cc2)cc1.